The minimum absolute atomic E-state index is 0.315. The van der Waals surface area contributed by atoms with Crippen LogP contribution in [0.2, 0.25) is 16.6 Å². The van der Waals surface area contributed by atoms with Crippen LogP contribution in [0.5, 0.6) is 5.75 Å². The summed E-state index contributed by atoms with van der Waals surface area (Å²) in [5.74, 6) is 3.87. The van der Waals surface area contributed by atoms with Gasteiger partial charge >= 0.3 is 0 Å². The summed E-state index contributed by atoms with van der Waals surface area (Å²) in [6.45, 7) is 15.6. The Hall–Kier alpha value is -1.77. The standard InChI is InChI=1S/C22H34O3Si/c1-16(2)26(17(3)4,18(5)6)22(14-23)21(19(7)24-8)15-25-20-12-10-9-11-13-20/h9-13,16-18H,15H2,1-8H3/b21-19-. The van der Waals surface area contributed by atoms with Crippen molar-refractivity contribution in [3.63, 3.8) is 0 Å². The van der Waals surface area contributed by atoms with E-state index in [1.807, 2.05) is 37.3 Å². The molecule has 0 heterocycles. The van der Waals surface area contributed by atoms with Gasteiger partial charge in [-0.15, -0.1) is 0 Å². The van der Waals surface area contributed by atoms with Crippen molar-refractivity contribution >= 4 is 14.0 Å². The van der Waals surface area contributed by atoms with E-state index < -0.39 is 8.07 Å². The SMILES string of the molecule is CO/C(C)=C(/COc1ccccc1)C(=C=O)[Si](C(C)C)(C(C)C)C(C)C. The van der Waals surface area contributed by atoms with Gasteiger partial charge in [-0.2, -0.15) is 0 Å². The fourth-order valence-electron chi connectivity index (χ4n) is 4.42. The summed E-state index contributed by atoms with van der Waals surface area (Å²) in [7, 11) is -0.520. The molecule has 0 amide bonds. The minimum atomic E-state index is -2.16. The number of carbonyl (C=O) groups excluding carboxylic acids is 1. The Morgan fingerprint density at radius 2 is 1.50 bits per heavy atom. The monoisotopic (exact) mass is 374 g/mol. The van der Waals surface area contributed by atoms with E-state index >= 15 is 0 Å². The van der Waals surface area contributed by atoms with E-state index in [1.54, 1.807) is 7.11 Å². The van der Waals surface area contributed by atoms with Crippen LogP contribution < -0.4 is 4.74 Å². The lowest BCUT2D eigenvalue weighted by Crippen LogP contribution is -2.48. The summed E-state index contributed by atoms with van der Waals surface area (Å²) >= 11 is 0. The highest BCUT2D eigenvalue weighted by molar-refractivity contribution is 6.91. The van der Waals surface area contributed by atoms with E-state index in [0.29, 0.717) is 23.2 Å². The first kappa shape index (κ1) is 22.3. The zero-order valence-corrected chi connectivity index (χ0v) is 18.6. The number of hydrogen-bond acceptors (Lipinski definition) is 3. The molecule has 0 aliphatic carbocycles. The van der Waals surface area contributed by atoms with Crippen molar-refractivity contribution in [2.75, 3.05) is 13.7 Å². The maximum absolute atomic E-state index is 12.3. The molecule has 0 atom stereocenters. The molecule has 0 N–H and O–H groups in total. The van der Waals surface area contributed by atoms with Crippen LogP contribution in [0.4, 0.5) is 0 Å². The van der Waals surface area contributed by atoms with E-state index in [9.17, 15) is 4.79 Å². The normalized spacial score (nSPS) is 12.9. The van der Waals surface area contributed by atoms with Crippen LogP contribution in [0, 0.1) is 0 Å². The summed E-state index contributed by atoms with van der Waals surface area (Å²) in [5, 5.41) is 0.813. The Bertz CT molecular complexity index is 631. The maximum atomic E-state index is 12.3. The van der Waals surface area contributed by atoms with Gasteiger partial charge in [0.2, 0.25) is 0 Å². The van der Waals surface area contributed by atoms with Gasteiger partial charge in [-0.1, -0.05) is 59.7 Å². The van der Waals surface area contributed by atoms with Gasteiger partial charge < -0.3 is 9.47 Å². The van der Waals surface area contributed by atoms with E-state index in [2.05, 4.69) is 47.5 Å². The van der Waals surface area contributed by atoms with Crippen LogP contribution in [0.15, 0.2) is 46.9 Å². The molecule has 0 spiro atoms. The van der Waals surface area contributed by atoms with Gasteiger partial charge in [0.25, 0.3) is 0 Å². The fourth-order valence-corrected chi connectivity index (χ4v) is 11.1. The molecule has 0 saturated heterocycles. The van der Waals surface area contributed by atoms with Crippen LogP contribution in [0.1, 0.15) is 48.5 Å². The maximum Gasteiger partial charge on any atom is 0.123 e. The average molecular weight is 375 g/mol. The first-order valence-corrected chi connectivity index (χ1v) is 11.6. The Labute approximate surface area is 160 Å². The molecule has 1 rings (SSSR count). The summed E-state index contributed by atoms with van der Waals surface area (Å²) < 4.78 is 11.5. The third-order valence-corrected chi connectivity index (χ3v) is 12.6. The van der Waals surface area contributed by atoms with Crippen molar-refractivity contribution in [2.45, 2.75) is 65.1 Å². The summed E-state index contributed by atoms with van der Waals surface area (Å²) in [6.07, 6.45) is 0. The smallest absolute Gasteiger partial charge is 0.123 e. The van der Waals surface area contributed by atoms with Crippen LogP contribution in [-0.2, 0) is 9.53 Å². The lowest BCUT2D eigenvalue weighted by atomic mass is 10.2. The molecule has 0 fully saturated rings. The minimum Gasteiger partial charge on any atom is -0.501 e. The van der Waals surface area contributed by atoms with Crippen LogP contribution in [-0.4, -0.2) is 27.7 Å². The van der Waals surface area contributed by atoms with Gasteiger partial charge in [-0.3, -0.25) is 0 Å². The second kappa shape index (κ2) is 9.80. The molecule has 1 aromatic rings. The molecular weight excluding hydrogens is 340 g/mol. The predicted molar refractivity (Wildman–Crippen MR) is 112 cm³/mol. The second-order valence-electron chi connectivity index (χ2n) is 7.71. The van der Waals surface area contributed by atoms with Gasteiger partial charge in [-0.25, -0.2) is 4.79 Å². The van der Waals surface area contributed by atoms with Gasteiger partial charge in [-0.05, 0) is 35.7 Å². The number of rotatable bonds is 9. The zero-order valence-electron chi connectivity index (χ0n) is 17.6. The average Bonchev–Trinajstić information content (AvgIpc) is 2.60. The first-order valence-electron chi connectivity index (χ1n) is 9.40. The molecule has 4 heteroatoms. The molecule has 0 saturated carbocycles. The topological polar surface area (TPSA) is 35.5 Å². The van der Waals surface area contributed by atoms with Crippen LogP contribution in [0.3, 0.4) is 0 Å². The molecule has 0 bridgehead atoms. The summed E-state index contributed by atoms with van der Waals surface area (Å²) in [6, 6.07) is 9.67. The molecule has 3 nitrogen and oxygen atoms in total. The molecule has 0 radical (unpaired) electrons. The van der Waals surface area contributed by atoms with Gasteiger partial charge in [0.1, 0.15) is 26.4 Å². The third kappa shape index (κ3) is 4.49. The molecular formula is C22H34O3Si. The summed E-state index contributed by atoms with van der Waals surface area (Å²) in [5.41, 5.74) is 2.09. The molecule has 0 aliphatic heterocycles. The third-order valence-electron chi connectivity index (χ3n) is 5.56. The predicted octanol–water partition coefficient (Wildman–Crippen LogP) is 5.96. The quantitative estimate of drug-likeness (QED) is 0.231. The molecule has 144 valence electrons. The molecule has 0 unspecified atom stereocenters. The Morgan fingerprint density at radius 3 is 1.88 bits per heavy atom. The highest BCUT2D eigenvalue weighted by Gasteiger charge is 2.48. The van der Waals surface area contributed by atoms with E-state index in [4.69, 9.17) is 9.47 Å². The number of para-hydroxylation sites is 1. The highest BCUT2D eigenvalue weighted by atomic mass is 28.3. The Balaban J connectivity index is 3.44. The summed E-state index contributed by atoms with van der Waals surface area (Å²) in [4.78, 5) is 12.3. The molecule has 26 heavy (non-hydrogen) atoms. The Morgan fingerprint density at radius 1 is 1.00 bits per heavy atom. The fraction of sp³-hybridized carbons (Fsp3) is 0.545. The number of benzene rings is 1. The lowest BCUT2D eigenvalue weighted by molar-refractivity contribution is 0.277. The van der Waals surface area contributed by atoms with Crippen molar-refractivity contribution in [2.24, 2.45) is 0 Å². The van der Waals surface area contributed by atoms with E-state index in [0.717, 1.165) is 22.3 Å². The van der Waals surface area contributed by atoms with Gasteiger partial charge in [0.15, 0.2) is 0 Å². The molecule has 0 aromatic heterocycles. The van der Waals surface area contributed by atoms with Crippen LogP contribution in [0.25, 0.3) is 0 Å². The number of methoxy groups -OCH3 is 1. The van der Waals surface area contributed by atoms with Crippen molar-refractivity contribution in [1.29, 1.82) is 0 Å². The van der Waals surface area contributed by atoms with Crippen molar-refractivity contribution in [3.05, 3.63) is 46.9 Å². The van der Waals surface area contributed by atoms with Crippen LogP contribution >= 0.6 is 0 Å². The first-order chi connectivity index (χ1) is 12.2. The highest BCUT2D eigenvalue weighted by Crippen LogP contribution is 2.48. The lowest BCUT2D eigenvalue weighted by Gasteiger charge is -2.44. The largest absolute Gasteiger partial charge is 0.501 e. The van der Waals surface area contributed by atoms with E-state index in [-0.39, 0.29) is 0 Å². The molecule has 1 aromatic carbocycles. The number of hydrogen-bond donors (Lipinski definition) is 0. The zero-order chi connectivity index (χ0) is 19.9. The van der Waals surface area contributed by atoms with Crippen molar-refractivity contribution in [1.82, 2.24) is 0 Å². The second-order valence-corrected chi connectivity index (χ2v) is 13.5. The van der Waals surface area contributed by atoms with Gasteiger partial charge in [0, 0.05) is 10.8 Å². The number of ether oxygens (including phenoxy) is 2. The van der Waals surface area contributed by atoms with Gasteiger partial charge in [0.05, 0.1) is 12.9 Å². The van der Waals surface area contributed by atoms with Crippen molar-refractivity contribution in [3.8, 4) is 5.75 Å². The Kier molecular flexibility index (Phi) is 8.39. The van der Waals surface area contributed by atoms with Crippen molar-refractivity contribution < 1.29 is 14.3 Å². The molecule has 0 aliphatic rings. The number of allylic oxidation sites excluding steroid dienone is 1. The van der Waals surface area contributed by atoms with E-state index in [1.165, 1.54) is 0 Å².